The Balaban J connectivity index is 3.23. The van der Waals surface area contributed by atoms with Gasteiger partial charge in [-0.3, -0.25) is 0 Å². The van der Waals surface area contributed by atoms with E-state index in [-0.39, 0.29) is 10.8 Å². The molecular weight excluding hydrogens is 196 g/mol. The normalized spacial score (nSPS) is 13.2. The summed E-state index contributed by atoms with van der Waals surface area (Å²) < 4.78 is 0. The van der Waals surface area contributed by atoms with Crippen LogP contribution < -0.4 is 0 Å². The van der Waals surface area contributed by atoms with E-state index in [0.29, 0.717) is 11.7 Å². The first-order valence-corrected chi connectivity index (χ1v) is 5.91. The average Bonchev–Trinajstić information content (AvgIpc) is 1.97. The fraction of sp³-hybridized carbons (Fsp3) is 0.600. The summed E-state index contributed by atoms with van der Waals surface area (Å²) in [7, 11) is 0. The molecule has 1 nitrogen and oxygen atoms in total. The topological polar surface area (TPSA) is 20.2 Å². The molecule has 0 saturated carbocycles. The monoisotopic (exact) mass is 220 g/mol. The molecule has 0 saturated heterocycles. The Kier molecular flexibility index (Phi) is 3.37. The van der Waals surface area contributed by atoms with E-state index in [9.17, 15) is 5.11 Å². The van der Waals surface area contributed by atoms with Gasteiger partial charge < -0.3 is 5.11 Å². The number of aromatic hydroxyl groups is 1. The number of benzene rings is 1. The Labute approximate surface area is 99.5 Å². The Morgan fingerprint density at radius 2 is 1.44 bits per heavy atom. The molecule has 0 aliphatic carbocycles. The summed E-state index contributed by atoms with van der Waals surface area (Å²) in [6, 6.07) is 7.66. The maximum absolute atomic E-state index is 9.59. The Morgan fingerprint density at radius 1 is 0.938 bits per heavy atom. The van der Waals surface area contributed by atoms with Gasteiger partial charge in [0, 0.05) is 0 Å². The van der Waals surface area contributed by atoms with Gasteiger partial charge in [0.1, 0.15) is 5.75 Å². The largest absolute Gasteiger partial charge is 0.508 e. The fourth-order valence-corrected chi connectivity index (χ4v) is 3.00. The summed E-state index contributed by atoms with van der Waals surface area (Å²) in [6.07, 6.45) is 0. The lowest BCUT2D eigenvalue weighted by Crippen LogP contribution is -2.30. The van der Waals surface area contributed by atoms with E-state index >= 15 is 0 Å². The van der Waals surface area contributed by atoms with Crippen LogP contribution >= 0.6 is 0 Å². The van der Waals surface area contributed by atoms with Crippen molar-refractivity contribution in [1.29, 1.82) is 0 Å². The summed E-state index contributed by atoms with van der Waals surface area (Å²) in [5, 5.41) is 9.59. The summed E-state index contributed by atoms with van der Waals surface area (Å²) in [6.45, 7) is 13.5. The van der Waals surface area contributed by atoms with Gasteiger partial charge in [-0.15, -0.1) is 0 Å². The molecule has 1 aromatic rings. The molecule has 1 heteroatoms. The van der Waals surface area contributed by atoms with E-state index < -0.39 is 0 Å². The van der Waals surface area contributed by atoms with Crippen LogP contribution in [0.5, 0.6) is 5.75 Å². The van der Waals surface area contributed by atoms with Gasteiger partial charge in [-0.2, -0.15) is 0 Å². The van der Waals surface area contributed by atoms with Crippen LogP contribution in [0.25, 0.3) is 0 Å². The van der Waals surface area contributed by atoms with Gasteiger partial charge in [0.15, 0.2) is 0 Å². The van der Waals surface area contributed by atoms with Crippen molar-refractivity contribution in [3.05, 3.63) is 29.8 Å². The molecule has 0 heterocycles. The zero-order chi connectivity index (χ0) is 12.6. The van der Waals surface area contributed by atoms with Gasteiger partial charge in [0.05, 0.1) is 0 Å². The van der Waals surface area contributed by atoms with E-state index in [1.54, 1.807) is 6.07 Å². The second-order valence-corrected chi connectivity index (χ2v) is 6.76. The first-order chi connectivity index (χ1) is 7.12. The number of phenolic OH excluding ortho intramolecular Hbond substituents is 1. The molecule has 0 atom stereocenters. The standard InChI is InChI=1S/C15H24O/c1-14(2,3)13(15(4,5)6)11-8-7-9-12(16)10-11/h7-10,13,16H,1-6H3. The minimum Gasteiger partial charge on any atom is -0.508 e. The molecule has 0 aromatic heterocycles. The lowest BCUT2D eigenvalue weighted by atomic mass is 9.64. The van der Waals surface area contributed by atoms with Crippen LogP contribution in [0.3, 0.4) is 0 Å². The Bertz CT molecular complexity index is 338. The van der Waals surface area contributed by atoms with Crippen LogP contribution in [0, 0.1) is 10.8 Å². The third kappa shape index (κ3) is 3.01. The molecule has 1 aromatic carbocycles. The van der Waals surface area contributed by atoms with E-state index in [0.717, 1.165) is 0 Å². The van der Waals surface area contributed by atoms with Crippen LogP contribution in [0.2, 0.25) is 0 Å². The molecule has 1 rings (SSSR count). The molecule has 0 bridgehead atoms. The van der Waals surface area contributed by atoms with Gasteiger partial charge in [-0.05, 0) is 34.4 Å². The molecule has 0 spiro atoms. The number of hydrogen-bond donors (Lipinski definition) is 1. The summed E-state index contributed by atoms with van der Waals surface area (Å²) in [4.78, 5) is 0. The van der Waals surface area contributed by atoms with Gasteiger partial charge in [0.25, 0.3) is 0 Å². The minimum absolute atomic E-state index is 0.187. The van der Waals surface area contributed by atoms with Gasteiger partial charge >= 0.3 is 0 Å². The molecule has 16 heavy (non-hydrogen) atoms. The molecule has 0 fully saturated rings. The van der Waals surface area contributed by atoms with Crippen molar-refractivity contribution < 1.29 is 5.11 Å². The third-order valence-electron chi connectivity index (χ3n) is 2.94. The van der Waals surface area contributed by atoms with Gasteiger partial charge in [-0.1, -0.05) is 53.7 Å². The van der Waals surface area contributed by atoms with Crippen molar-refractivity contribution in [2.75, 3.05) is 0 Å². The van der Waals surface area contributed by atoms with Crippen LogP contribution in [0.1, 0.15) is 53.0 Å². The predicted molar refractivity (Wildman–Crippen MR) is 69.8 cm³/mol. The highest BCUT2D eigenvalue weighted by Gasteiger charge is 2.35. The number of phenols is 1. The van der Waals surface area contributed by atoms with E-state index in [1.165, 1.54) is 5.56 Å². The van der Waals surface area contributed by atoms with Crippen molar-refractivity contribution in [3.8, 4) is 5.75 Å². The number of rotatable bonds is 1. The quantitative estimate of drug-likeness (QED) is 0.735. The highest BCUT2D eigenvalue weighted by molar-refractivity contribution is 5.31. The van der Waals surface area contributed by atoms with Gasteiger partial charge in [-0.25, -0.2) is 0 Å². The van der Waals surface area contributed by atoms with Gasteiger partial charge in [0.2, 0.25) is 0 Å². The highest BCUT2D eigenvalue weighted by Crippen LogP contribution is 2.47. The first-order valence-electron chi connectivity index (χ1n) is 5.91. The Morgan fingerprint density at radius 3 is 1.81 bits per heavy atom. The first kappa shape index (κ1) is 13.1. The second-order valence-electron chi connectivity index (χ2n) is 6.76. The lowest BCUT2D eigenvalue weighted by molar-refractivity contribution is 0.176. The summed E-state index contributed by atoms with van der Waals surface area (Å²) in [5.74, 6) is 0.781. The third-order valence-corrected chi connectivity index (χ3v) is 2.94. The van der Waals surface area contributed by atoms with Crippen molar-refractivity contribution >= 4 is 0 Å². The average molecular weight is 220 g/mol. The molecule has 1 N–H and O–H groups in total. The second kappa shape index (κ2) is 4.12. The van der Waals surface area contributed by atoms with Crippen molar-refractivity contribution in [1.82, 2.24) is 0 Å². The van der Waals surface area contributed by atoms with E-state index in [4.69, 9.17) is 0 Å². The van der Waals surface area contributed by atoms with E-state index in [2.05, 4.69) is 47.6 Å². The highest BCUT2D eigenvalue weighted by atomic mass is 16.3. The van der Waals surface area contributed by atoms with Crippen molar-refractivity contribution in [2.45, 2.75) is 47.5 Å². The summed E-state index contributed by atoms with van der Waals surface area (Å²) >= 11 is 0. The summed E-state index contributed by atoms with van der Waals surface area (Å²) in [5.41, 5.74) is 1.60. The SMILES string of the molecule is CC(C)(C)C(c1cccc(O)c1)C(C)(C)C. The molecular formula is C15H24O. The lowest BCUT2D eigenvalue weighted by Gasteiger charge is -2.41. The maximum Gasteiger partial charge on any atom is 0.115 e. The zero-order valence-electron chi connectivity index (χ0n) is 11.3. The van der Waals surface area contributed by atoms with Crippen LogP contribution in [0.15, 0.2) is 24.3 Å². The molecule has 0 amide bonds. The molecule has 90 valence electrons. The molecule has 0 unspecified atom stereocenters. The predicted octanol–water partition coefficient (Wildman–Crippen LogP) is 4.57. The minimum atomic E-state index is 0.187. The van der Waals surface area contributed by atoms with E-state index in [1.807, 2.05) is 12.1 Å². The van der Waals surface area contributed by atoms with Crippen molar-refractivity contribution in [2.24, 2.45) is 10.8 Å². The number of hydrogen-bond acceptors (Lipinski definition) is 1. The maximum atomic E-state index is 9.59. The van der Waals surface area contributed by atoms with Crippen molar-refractivity contribution in [3.63, 3.8) is 0 Å². The fourth-order valence-electron chi connectivity index (χ4n) is 3.00. The smallest absolute Gasteiger partial charge is 0.115 e. The zero-order valence-corrected chi connectivity index (χ0v) is 11.3. The molecule has 0 radical (unpaired) electrons. The van der Waals surface area contributed by atoms with Crippen LogP contribution in [-0.2, 0) is 0 Å². The van der Waals surface area contributed by atoms with Crippen LogP contribution in [0.4, 0.5) is 0 Å². The Hall–Kier alpha value is -0.980. The van der Waals surface area contributed by atoms with Crippen LogP contribution in [-0.4, -0.2) is 5.11 Å². The molecule has 0 aliphatic heterocycles. The molecule has 0 aliphatic rings.